The molecule has 0 spiro atoms. The van der Waals surface area contributed by atoms with Crippen molar-refractivity contribution in [1.29, 1.82) is 0 Å². The molecule has 0 saturated heterocycles. The molecule has 3 rings (SSSR count). The Bertz CT molecular complexity index is 1010. The van der Waals surface area contributed by atoms with E-state index in [1.54, 1.807) is 23.0 Å². The molecule has 0 N–H and O–H groups in total. The van der Waals surface area contributed by atoms with Crippen LogP contribution in [-0.2, 0) is 14.3 Å². The first kappa shape index (κ1) is 18.3. The zero-order chi connectivity index (χ0) is 19.4. The van der Waals surface area contributed by atoms with Gasteiger partial charge < -0.3 is 4.74 Å². The molecule has 136 valence electrons. The zero-order valence-corrected chi connectivity index (χ0v) is 14.8. The van der Waals surface area contributed by atoms with Crippen LogP contribution >= 0.6 is 0 Å². The minimum absolute atomic E-state index is 0.0894. The van der Waals surface area contributed by atoms with E-state index in [1.807, 2.05) is 30.3 Å². The number of Topliss-reactive ketones (excluding diaryl/α,β-unsaturated/α-hetero) is 1. The Balaban J connectivity index is 2.18. The van der Waals surface area contributed by atoms with Crippen LogP contribution in [0.15, 0.2) is 66.4 Å². The van der Waals surface area contributed by atoms with Crippen LogP contribution in [0.5, 0.6) is 0 Å². The highest BCUT2D eigenvalue weighted by Crippen LogP contribution is 2.26. The first-order chi connectivity index (χ1) is 13.0. The molecule has 0 bridgehead atoms. The van der Waals surface area contributed by atoms with Gasteiger partial charge in [-0.15, -0.1) is 0 Å². The van der Waals surface area contributed by atoms with Crippen molar-refractivity contribution in [2.45, 2.75) is 6.92 Å². The molecule has 1 heterocycles. The van der Waals surface area contributed by atoms with Crippen molar-refractivity contribution < 1.29 is 18.7 Å². The SMILES string of the molecule is COC(=O)C(=Cc1cn(-c2ccccc2)nc1-c1ccc(F)cc1)C(C)=O. The van der Waals surface area contributed by atoms with Gasteiger partial charge in [-0.05, 0) is 49.4 Å². The van der Waals surface area contributed by atoms with Gasteiger partial charge in [0.2, 0.25) is 0 Å². The predicted octanol–water partition coefficient (Wildman–Crippen LogP) is 3.82. The lowest BCUT2D eigenvalue weighted by Gasteiger charge is -2.02. The van der Waals surface area contributed by atoms with Crippen molar-refractivity contribution in [2.75, 3.05) is 7.11 Å². The Kier molecular flexibility index (Phi) is 5.26. The molecule has 0 fully saturated rings. The number of methoxy groups -OCH3 is 1. The Hall–Kier alpha value is -3.54. The summed E-state index contributed by atoms with van der Waals surface area (Å²) < 4.78 is 19.6. The molecule has 6 heteroatoms. The first-order valence-electron chi connectivity index (χ1n) is 8.21. The van der Waals surface area contributed by atoms with Crippen LogP contribution < -0.4 is 0 Å². The van der Waals surface area contributed by atoms with Gasteiger partial charge in [0.1, 0.15) is 11.4 Å². The Morgan fingerprint density at radius 3 is 2.33 bits per heavy atom. The van der Waals surface area contributed by atoms with Crippen LogP contribution in [0, 0.1) is 5.82 Å². The topological polar surface area (TPSA) is 61.2 Å². The molecule has 5 nitrogen and oxygen atoms in total. The summed E-state index contributed by atoms with van der Waals surface area (Å²) in [6, 6.07) is 15.2. The maximum Gasteiger partial charge on any atom is 0.341 e. The van der Waals surface area contributed by atoms with E-state index in [-0.39, 0.29) is 11.4 Å². The van der Waals surface area contributed by atoms with Crippen molar-refractivity contribution in [3.8, 4) is 16.9 Å². The van der Waals surface area contributed by atoms with Crippen LogP contribution in [-0.4, -0.2) is 28.6 Å². The smallest absolute Gasteiger partial charge is 0.341 e. The van der Waals surface area contributed by atoms with Gasteiger partial charge in [0, 0.05) is 17.3 Å². The Labute approximate surface area is 155 Å². The largest absolute Gasteiger partial charge is 0.465 e. The molecule has 0 amide bonds. The van der Waals surface area contributed by atoms with Crippen molar-refractivity contribution in [3.05, 3.63) is 77.7 Å². The summed E-state index contributed by atoms with van der Waals surface area (Å²) in [4.78, 5) is 23.8. The summed E-state index contributed by atoms with van der Waals surface area (Å²) in [6.07, 6.45) is 3.15. The van der Waals surface area contributed by atoms with Crippen LogP contribution in [0.1, 0.15) is 12.5 Å². The van der Waals surface area contributed by atoms with Gasteiger partial charge >= 0.3 is 5.97 Å². The average molecular weight is 364 g/mol. The Morgan fingerprint density at radius 1 is 1.07 bits per heavy atom. The van der Waals surface area contributed by atoms with Crippen LogP contribution in [0.25, 0.3) is 23.0 Å². The summed E-state index contributed by atoms with van der Waals surface area (Å²) in [7, 11) is 1.22. The highest BCUT2D eigenvalue weighted by molar-refractivity contribution is 6.20. The number of hydrogen-bond donors (Lipinski definition) is 0. The quantitative estimate of drug-likeness (QED) is 0.299. The molecular formula is C21H17FN2O3. The highest BCUT2D eigenvalue weighted by atomic mass is 19.1. The molecule has 2 aromatic carbocycles. The minimum Gasteiger partial charge on any atom is -0.465 e. The summed E-state index contributed by atoms with van der Waals surface area (Å²) >= 11 is 0. The molecular weight excluding hydrogens is 347 g/mol. The number of nitrogens with zero attached hydrogens (tertiary/aromatic N) is 2. The van der Waals surface area contributed by atoms with Gasteiger partial charge in [-0.1, -0.05) is 18.2 Å². The number of halogens is 1. The number of benzene rings is 2. The van der Waals surface area contributed by atoms with Gasteiger partial charge in [0.25, 0.3) is 0 Å². The fourth-order valence-corrected chi connectivity index (χ4v) is 2.61. The lowest BCUT2D eigenvalue weighted by atomic mass is 10.0. The Morgan fingerprint density at radius 2 is 1.74 bits per heavy atom. The van der Waals surface area contributed by atoms with Gasteiger partial charge in [-0.3, -0.25) is 4.79 Å². The fourth-order valence-electron chi connectivity index (χ4n) is 2.61. The first-order valence-corrected chi connectivity index (χ1v) is 8.21. The van der Waals surface area contributed by atoms with E-state index in [1.165, 1.54) is 32.2 Å². The van der Waals surface area contributed by atoms with Crippen LogP contribution in [0.4, 0.5) is 4.39 Å². The third-order valence-electron chi connectivity index (χ3n) is 3.97. The minimum atomic E-state index is -0.722. The van der Waals surface area contributed by atoms with E-state index in [4.69, 9.17) is 4.74 Å². The molecule has 0 saturated carbocycles. The number of aromatic nitrogens is 2. The zero-order valence-electron chi connectivity index (χ0n) is 14.8. The van der Waals surface area contributed by atoms with E-state index >= 15 is 0 Å². The van der Waals surface area contributed by atoms with E-state index in [2.05, 4.69) is 5.10 Å². The predicted molar refractivity (Wildman–Crippen MR) is 99.6 cm³/mol. The van der Waals surface area contributed by atoms with Crippen molar-refractivity contribution in [1.82, 2.24) is 9.78 Å². The van der Waals surface area contributed by atoms with Gasteiger partial charge in [-0.25, -0.2) is 13.9 Å². The molecule has 0 aliphatic rings. The second kappa shape index (κ2) is 7.78. The van der Waals surface area contributed by atoms with Crippen LogP contribution in [0.3, 0.4) is 0 Å². The molecule has 0 radical (unpaired) electrons. The van der Waals surface area contributed by atoms with Gasteiger partial charge in [0.15, 0.2) is 5.78 Å². The standard InChI is InChI=1S/C21H17FN2O3/c1-14(25)19(21(26)27-2)12-16-13-24(18-6-4-3-5-7-18)23-20(16)15-8-10-17(22)11-9-15/h3-13H,1-2H3. The average Bonchev–Trinajstić information content (AvgIpc) is 3.10. The van der Waals surface area contributed by atoms with Crippen molar-refractivity contribution in [2.24, 2.45) is 0 Å². The number of carbonyl (C=O) groups is 2. The molecule has 0 atom stereocenters. The number of rotatable bonds is 5. The van der Waals surface area contributed by atoms with Crippen molar-refractivity contribution in [3.63, 3.8) is 0 Å². The second-order valence-corrected chi connectivity index (χ2v) is 5.83. The third kappa shape index (κ3) is 4.00. The molecule has 0 aliphatic heterocycles. The molecule has 3 aromatic rings. The van der Waals surface area contributed by atoms with Crippen LogP contribution in [0.2, 0.25) is 0 Å². The fraction of sp³-hybridized carbons (Fsp3) is 0.0952. The summed E-state index contributed by atoms with van der Waals surface area (Å²) in [5, 5.41) is 4.56. The number of hydrogen-bond acceptors (Lipinski definition) is 4. The molecule has 0 unspecified atom stereocenters. The maximum atomic E-state index is 13.3. The number of carbonyl (C=O) groups excluding carboxylic acids is 2. The van der Waals surface area contributed by atoms with Gasteiger partial charge in [-0.2, -0.15) is 5.10 Å². The van der Waals surface area contributed by atoms with E-state index in [0.29, 0.717) is 16.8 Å². The lowest BCUT2D eigenvalue weighted by molar-refractivity contribution is -0.137. The van der Waals surface area contributed by atoms with E-state index in [0.717, 1.165) is 5.69 Å². The van der Waals surface area contributed by atoms with Crippen molar-refractivity contribution >= 4 is 17.8 Å². The monoisotopic (exact) mass is 364 g/mol. The number of esters is 1. The lowest BCUT2D eigenvalue weighted by Crippen LogP contribution is -2.11. The molecule has 0 aliphatic carbocycles. The summed E-state index contributed by atoms with van der Waals surface area (Å²) in [5.74, 6) is -1.50. The van der Waals surface area contributed by atoms with E-state index < -0.39 is 11.8 Å². The maximum absolute atomic E-state index is 13.3. The normalized spacial score (nSPS) is 11.3. The molecule has 27 heavy (non-hydrogen) atoms. The second-order valence-electron chi connectivity index (χ2n) is 5.83. The number of para-hydroxylation sites is 1. The summed E-state index contributed by atoms with van der Waals surface area (Å²) in [5.41, 5.74) is 2.43. The van der Waals surface area contributed by atoms with Gasteiger partial charge in [0.05, 0.1) is 18.5 Å². The summed E-state index contributed by atoms with van der Waals surface area (Å²) in [6.45, 7) is 1.29. The highest BCUT2D eigenvalue weighted by Gasteiger charge is 2.18. The number of ether oxygens (including phenoxy) is 1. The third-order valence-corrected chi connectivity index (χ3v) is 3.97. The number of ketones is 1. The molecule has 1 aromatic heterocycles. The van der Waals surface area contributed by atoms with E-state index in [9.17, 15) is 14.0 Å².